The van der Waals surface area contributed by atoms with Crippen LogP contribution in [-0.2, 0) is 15.8 Å². The van der Waals surface area contributed by atoms with Gasteiger partial charge in [0.05, 0.1) is 4.90 Å². The summed E-state index contributed by atoms with van der Waals surface area (Å²) in [6.07, 6.45) is -3.41. The molecule has 10 heteroatoms. The lowest BCUT2D eigenvalue weighted by Gasteiger charge is -2.11. The molecule has 5 nitrogen and oxygen atoms in total. The minimum atomic E-state index is -4.96. The molecule has 1 atom stereocenters. The summed E-state index contributed by atoms with van der Waals surface area (Å²) in [5.74, 6) is -2.05. The monoisotopic (exact) mass is 349 g/mol. The largest absolute Gasteiger partial charge is 0.471 e. The summed E-state index contributed by atoms with van der Waals surface area (Å²) in [6, 6.07) is 4.08. The van der Waals surface area contributed by atoms with Crippen LogP contribution < -0.4 is 10.0 Å². The Hall–Kier alpha value is -1.94. The number of aryl methyl sites for hydroxylation is 1. The van der Waals surface area contributed by atoms with Crippen molar-refractivity contribution in [2.24, 2.45) is 0 Å². The first-order valence-corrected chi connectivity index (χ1v) is 7.87. The van der Waals surface area contributed by atoms with Crippen LogP contribution in [0.5, 0.6) is 0 Å². The highest BCUT2D eigenvalue weighted by molar-refractivity contribution is 7.86. The fourth-order valence-electron chi connectivity index (χ4n) is 1.50. The Labute approximate surface area is 130 Å². The van der Waals surface area contributed by atoms with Gasteiger partial charge < -0.3 is 5.32 Å². The zero-order valence-electron chi connectivity index (χ0n) is 11.1. The summed E-state index contributed by atoms with van der Waals surface area (Å²) in [6.45, 7) is 1.51. The van der Waals surface area contributed by atoms with E-state index >= 15 is 0 Å². The standard InChI is InChI=1S/C12H10F3N3O2S2/c1-7-6-8(22(20)18-11-16-4-5-21-11)2-3-9(7)17-10(19)12(13,14)15/h2-6H,1H3,(H,16,18)(H,17,19). The van der Waals surface area contributed by atoms with Gasteiger partial charge in [0.2, 0.25) is 0 Å². The minimum Gasteiger partial charge on any atom is -0.318 e. The van der Waals surface area contributed by atoms with E-state index in [1.807, 2.05) is 0 Å². The van der Waals surface area contributed by atoms with Crippen molar-refractivity contribution in [3.8, 4) is 0 Å². The van der Waals surface area contributed by atoms with Crippen LogP contribution in [0.2, 0.25) is 0 Å². The smallest absolute Gasteiger partial charge is 0.318 e. The minimum absolute atomic E-state index is 0.0114. The first-order valence-electron chi connectivity index (χ1n) is 5.84. The van der Waals surface area contributed by atoms with E-state index in [2.05, 4.69) is 9.71 Å². The van der Waals surface area contributed by atoms with Crippen molar-refractivity contribution in [3.63, 3.8) is 0 Å². The zero-order chi connectivity index (χ0) is 16.3. The highest BCUT2D eigenvalue weighted by Gasteiger charge is 2.38. The highest BCUT2D eigenvalue weighted by Crippen LogP contribution is 2.23. The van der Waals surface area contributed by atoms with Crippen molar-refractivity contribution < 1.29 is 22.2 Å². The molecule has 0 aliphatic heterocycles. The number of carbonyl (C=O) groups excluding carboxylic acids is 1. The maximum absolute atomic E-state index is 12.2. The fourth-order valence-corrected chi connectivity index (χ4v) is 3.09. The average Bonchev–Trinajstić information content (AvgIpc) is 2.92. The molecule has 2 N–H and O–H groups in total. The van der Waals surface area contributed by atoms with E-state index in [0.717, 1.165) is 0 Å². The van der Waals surface area contributed by atoms with E-state index < -0.39 is 23.1 Å². The number of hydrogen-bond donors (Lipinski definition) is 2. The van der Waals surface area contributed by atoms with E-state index in [4.69, 9.17) is 0 Å². The number of thiazole rings is 1. The number of nitrogens with zero attached hydrogens (tertiary/aromatic N) is 1. The van der Waals surface area contributed by atoms with E-state index in [1.54, 1.807) is 16.9 Å². The van der Waals surface area contributed by atoms with Gasteiger partial charge in [-0.05, 0) is 30.7 Å². The molecule has 0 radical (unpaired) electrons. The third-order valence-electron chi connectivity index (χ3n) is 2.53. The van der Waals surface area contributed by atoms with Crippen molar-refractivity contribution in [1.29, 1.82) is 0 Å². The van der Waals surface area contributed by atoms with Crippen LogP contribution in [0.15, 0.2) is 34.7 Å². The molecule has 2 rings (SSSR count). The lowest BCUT2D eigenvalue weighted by Crippen LogP contribution is -2.30. The molecule has 0 fully saturated rings. The van der Waals surface area contributed by atoms with Crippen LogP contribution in [-0.4, -0.2) is 21.3 Å². The molecule has 0 aliphatic carbocycles. The molecule has 2 aromatic rings. The Morgan fingerprint density at radius 1 is 1.36 bits per heavy atom. The predicted octanol–water partition coefficient (Wildman–Crippen LogP) is 3.09. The molecular weight excluding hydrogens is 339 g/mol. The summed E-state index contributed by atoms with van der Waals surface area (Å²) in [7, 11) is -1.60. The summed E-state index contributed by atoms with van der Waals surface area (Å²) in [5, 5.41) is 3.94. The van der Waals surface area contributed by atoms with Gasteiger partial charge in [-0.3, -0.25) is 9.52 Å². The third-order valence-corrected chi connectivity index (χ3v) is 4.41. The molecule has 0 saturated heterocycles. The third kappa shape index (κ3) is 4.04. The first kappa shape index (κ1) is 16.4. The van der Waals surface area contributed by atoms with Crippen LogP contribution in [0.4, 0.5) is 24.0 Å². The Kier molecular flexibility index (Phi) is 4.81. The van der Waals surface area contributed by atoms with Crippen molar-refractivity contribution >= 4 is 39.0 Å². The van der Waals surface area contributed by atoms with Crippen LogP contribution in [0.25, 0.3) is 0 Å². The van der Waals surface area contributed by atoms with Crippen LogP contribution in [0.3, 0.4) is 0 Å². The summed E-state index contributed by atoms with van der Waals surface area (Å²) in [4.78, 5) is 15.2. The van der Waals surface area contributed by atoms with Gasteiger partial charge in [-0.2, -0.15) is 13.2 Å². The summed E-state index contributed by atoms with van der Waals surface area (Å²) in [5.41, 5.74) is 0.377. The maximum Gasteiger partial charge on any atom is 0.471 e. The van der Waals surface area contributed by atoms with Crippen molar-refractivity contribution in [2.75, 3.05) is 10.0 Å². The van der Waals surface area contributed by atoms with Gasteiger partial charge >= 0.3 is 12.1 Å². The number of nitrogens with one attached hydrogen (secondary N) is 2. The number of hydrogen-bond acceptors (Lipinski definition) is 4. The molecule has 1 heterocycles. The molecule has 0 bridgehead atoms. The number of benzene rings is 1. The van der Waals surface area contributed by atoms with Gasteiger partial charge in [0.25, 0.3) is 0 Å². The van der Waals surface area contributed by atoms with Gasteiger partial charge in [0, 0.05) is 17.3 Å². The molecular formula is C12H10F3N3O2S2. The molecule has 0 aliphatic rings. The van der Waals surface area contributed by atoms with Crippen LogP contribution >= 0.6 is 11.3 Å². The summed E-state index contributed by atoms with van der Waals surface area (Å²) >= 11 is 1.27. The van der Waals surface area contributed by atoms with Gasteiger partial charge in [0.1, 0.15) is 0 Å². The first-order chi connectivity index (χ1) is 10.3. The lowest BCUT2D eigenvalue weighted by atomic mass is 10.2. The second-order valence-electron chi connectivity index (χ2n) is 4.14. The SMILES string of the molecule is Cc1cc(S(=O)Nc2nccs2)ccc1NC(=O)C(F)(F)F. The van der Waals surface area contributed by atoms with Crippen molar-refractivity contribution in [3.05, 3.63) is 35.3 Å². The Bertz CT molecular complexity index is 702. The number of alkyl halides is 3. The van der Waals surface area contributed by atoms with E-state index in [9.17, 15) is 22.2 Å². The molecule has 22 heavy (non-hydrogen) atoms. The number of carbonyl (C=O) groups is 1. The van der Waals surface area contributed by atoms with Crippen molar-refractivity contribution in [1.82, 2.24) is 4.98 Å². The molecule has 0 spiro atoms. The van der Waals surface area contributed by atoms with Crippen molar-refractivity contribution in [2.45, 2.75) is 18.0 Å². The van der Waals surface area contributed by atoms with E-state index in [1.165, 1.54) is 36.5 Å². The number of aromatic nitrogens is 1. The Balaban J connectivity index is 2.12. The van der Waals surface area contributed by atoms with E-state index in [0.29, 0.717) is 15.6 Å². The van der Waals surface area contributed by atoms with E-state index in [-0.39, 0.29) is 5.69 Å². The highest BCUT2D eigenvalue weighted by atomic mass is 32.2. The van der Waals surface area contributed by atoms with Gasteiger partial charge in [-0.1, -0.05) is 0 Å². The Morgan fingerprint density at radius 2 is 2.09 bits per heavy atom. The predicted molar refractivity (Wildman–Crippen MR) is 78.0 cm³/mol. The average molecular weight is 349 g/mol. The molecule has 118 valence electrons. The molecule has 1 unspecified atom stereocenters. The lowest BCUT2D eigenvalue weighted by molar-refractivity contribution is -0.167. The fraction of sp³-hybridized carbons (Fsp3) is 0.167. The second kappa shape index (κ2) is 6.44. The maximum atomic E-state index is 12.2. The van der Waals surface area contributed by atoms with Gasteiger partial charge in [0.15, 0.2) is 16.1 Å². The molecule has 1 aromatic heterocycles. The normalized spacial score (nSPS) is 12.7. The van der Waals surface area contributed by atoms with Gasteiger partial charge in [-0.15, -0.1) is 11.3 Å². The quantitative estimate of drug-likeness (QED) is 0.891. The molecule has 0 saturated carbocycles. The Morgan fingerprint density at radius 3 is 2.64 bits per heavy atom. The van der Waals surface area contributed by atoms with Gasteiger partial charge in [-0.25, -0.2) is 9.19 Å². The number of anilines is 2. The zero-order valence-corrected chi connectivity index (χ0v) is 12.7. The van der Waals surface area contributed by atoms with Crippen LogP contribution in [0, 0.1) is 6.92 Å². The topological polar surface area (TPSA) is 71.1 Å². The van der Waals surface area contributed by atoms with Crippen LogP contribution in [0.1, 0.15) is 5.56 Å². The second-order valence-corrected chi connectivity index (χ2v) is 6.24. The molecule has 1 aromatic carbocycles. The number of amides is 1. The number of rotatable bonds is 4. The number of halogens is 3. The summed E-state index contributed by atoms with van der Waals surface area (Å²) < 4.78 is 51.3. The molecule has 1 amide bonds.